The molecule has 2 rings (SSSR count). The molecule has 2 aromatic rings. The number of rotatable bonds is 6. The summed E-state index contributed by atoms with van der Waals surface area (Å²) in [5.74, 6) is -0.0610. The SMILES string of the molecule is CC[C@@H](C)NC(=O)NC(=O)COc1cccc(-n2cnnn2)c1. The van der Waals surface area contributed by atoms with Crippen LogP contribution in [0.15, 0.2) is 30.6 Å². The third-order valence-corrected chi connectivity index (χ3v) is 3.04. The van der Waals surface area contributed by atoms with Crippen LogP contribution in [-0.2, 0) is 4.79 Å². The van der Waals surface area contributed by atoms with Gasteiger partial charge >= 0.3 is 6.03 Å². The first-order chi connectivity index (χ1) is 11.1. The number of carbonyl (C=O) groups excluding carboxylic acids is 2. The van der Waals surface area contributed by atoms with Gasteiger partial charge in [0.15, 0.2) is 6.61 Å². The van der Waals surface area contributed by atoms with E-state index in [1.807, 2.05) is 13.8 Å². The van der Waals surface area contributed by atoms with E-state index in [2.05, 4.69) is 26.2 Å². The van der Waals surface area contributed by atoms with E-state index in [9.17, 15) is 9.59 Å². The second kappa shape index (κ2) is 7.87. The maximum Gasteiger partial charge on any atom is 0.321 e. The number of nitrogens with zero attached hydrogens (tertiary/aromatic N) is 4. The summed E-state index contributed by atoms with van der Waals surface area (Å²) in [6.07, 6.45) is 2.23. The second-order valence-electron chi connectivity index (χ2n) is 4.87. The van der Waals surface area contributed by atoms with Gasteiger partial charge in [0.2, 0.25) is 0 Å². The molecule has 0 fully saturated rings. The third-order valence-electron chi connectivity index (χ3n) is 3.04. The Morgan fingerprint density at radius 3 is 2.91 bits per heavy atom. The number of aromatic nitrogens is 4. The maximum atomic E-state index is 11.7. The van der Waals surface area contributed by atoms with Crippen LogP contribution in [0.3, 0.4) is 0 Å². The topological polar surface area (TPSA) is 111 Å². The summed E-state index contributed by atoms with van der Waals surface area (Å²) in [6, 6.07) is 6.39. The average Bonchev–Trinajstić information content (AvgIpc) is 3.07. The fourth-order valence-corrected chi connectivity index (χ4v) is 1.67. The zero-order valence-corrected chi connectivity index (χ0v) is 12.9. The van der Waals surface area contributed by atoms with Gasteiger partial charge in [-0.3, -0.25) is 10.1 Å². The molecule has 1 atom stereocenters. The standard InChI is InChI=1S/C14H18N6O3/c1-3-10(2)16-14(22)17-13(21)8-23-12-6-4-5-11(7-12)20-9-15-18-19-20/h4-7,9-10H,3,8H2,1-2H3,(H2,16,17,21,22)/t10-/m1/s1. The second-order valence-corrected chi connectivity index (χ2v) is 4.87. The molecule has 0 aliphatic rings. The third kappa shape index (κ3) is 5.06. The largest absolute Gasteiger partial charge is 0.484 e. The Hall–Kier alpha value is -2.97. The molecule has 0 saturated carbocycles. The summed E-state index contributed by atoms with van der Waals surface area (Å²) in [7, 11) is 0. The summed E-state index contributed by atoms with van der Waals surface area (Å²) in [5.41, 5.74) is 0.697. The maximum absolute atomic E-state index is 11.7. The van der Waals surface area contributed by atoms with E-state index in [1.165, 1.54) is 11.0 Å². The molecule has 1 heterocycles. The summed E-state index contributed by atoms with van der Waals surface area (Å²) in [6.45, 7) is 3.52. The zero-order valence-electron chi connectivity index (χ0n) is 12.9. The van der Waals surface area contributed by atoms with E-state index in [-0.39, 0.29) is 12.6 Å². The molecule has 1 aromatic carbocycles. The van der Waals surface area contributed by atoms with Crippen molar-refractivity contribution in [2.75, 3.05) is 6.61 Å². The molecule has 2 N–H and O–H groups in total. The molecule has 0 bridgehead atoms. The normalized spacial score (nSPS) is 11.6. The number of imide groups is 1. The van der Waals surface area contributed by atoms with Crippen molar-refractivity contribution in [2.45, 2.75) is 26.3 Å². The minimum Gasteiger partial charge on any atom is -0.484 e. The molecule has 0 saturated heterocycles. The van der Waals surface area contributed by atoms with E-state index in [4.69, 9.17) is 4.74 Å². The van der Waals surface area contributed by atoms with Crippen molar-refractivity contribution < 1.29 is 14.3 Å². The predicted molar refractivity (Wildman–Crippen MR) is 81.1 cm³/mol. The minimum atomic E-state index is -0.532. The van der Waals surface area contributed by atoms with Gasteiger partial charge in [-0.2, -0.15) is 0 Å². The van der Waals surface area contributed by atoms with Crippen LogP contribution < -0.4 is 15.4 Å². The highest BCUT2D eigenvalue weighted by atomic mass is 16.5. The number of hydrogen-bond acceptors (Lipinski definition) is 6. The highest BCUT2D eigenvalue weighted by Crippen LogP contribution is 2.15. The number of hydrogen-bond donors (Lipinski definition) is 2. The van der Waals surface area contributed by atoms with Gasteiger partial charge in [-0.1, -0.05) is 13.0 Å². The number of nitrogens with one attached hydrogen (secondary N) is 2. The van der Waals surface area contributed by atoms with Crippen molar-refractivity contribution in [1.82, 2.24) is 30.8 Å². The molecular weight excluding hydrogens is 300 g/mol. The summed E-state index contributed by atoms with van der Waals surface area (Å²) < 4.78 is 6.83. The Balaban J connectivity index is 1.85. The predicted octanol–water partition coefficient (Wildman–Crippen LogP) is 0.665. The van der Waals surface area contributed by atoms with Crippen LogP contribution >= 0.6 is 0 Å². The van der Waals surface area contributed by atoms with E-state index in [0.717, 1.165) is 6.42 Å². The highest BCUT2D eigenvalue weighted by Gasteiger charge is 2.10. The molecule has 0 radical (unpaired) electrons. The van der Waals surface area contributed by atoms with Crippen LogP contribution in [0.5, 0.6) is 5.75 Å². The van der Waals surface area contributed by atoms with Crippen LogP contribution in [0.1, 0.15) is 20.3 Å². The smallest absolute Gasteiger partial charge is 0.321 e. The molecule has 1 aromatic heterocycles. The molecular formula is C14H18N6O3. The van der Waals surface area contributed by atoms with Crippen molar-refractivity contribution in [3.8, 4) is 11.4 Å². The van der Waals surface area contributed by atoms with Crippen molar-refractivity contribution in [1.29, 1.82) is 0 Å². The lowest BCUT2D eigenvalue weighted by atomic mass is 10.3. The van der Waals surface area contributed by atoms with E-state index in [1.54, 1.807) is 24.3 Å². The Morgan fingerprint density at radius 2 is 2.22 bits per heavy atom. The van der Waals surface area contributed by atoms with Crippen LogP contribution in [0.2, 0.25) is 0 Å². The molecule has 9 heteroatoms. The van der Waals surface area contributed by atoms with Gasteiger partial charge in [0.1, 0.15) is 12.1 Å². The molecule has 3 amide bonds. The number of carbonyl (C=O) groups is 2. The van der Waals surface area contributed by atoms with Crippen LogP contribution in [0.4, 0.5) is 4.79 Å². The van der Waals surface area contributed by atoms with Gasteiger partial charge in [0.25, 0.3) is 5.91 Å². The Kier molecular flexibility index (Phi) is 5.61. The Bertz CT molecular complexity index is 658. The molecule has 0 spiro atoms. The summed E-state index contributed by atoms with van der Waals surface area (Å²) in [5, 5.41) is 15.7. The molecule has 9 nitrogen and oxygen atoms in total. The average molecular weight is 318 g/mol. The number of ether oxygens (including phenoxy) is 1. The highest BCUT2D eigenvalue weighted by molar-refractivity contribution is 5.95. The lowest BCUT2D eigenvalue weighted by Gasteiger charge is -2.12. The van der Waals surface area contributed by atoms with Crippen molar-refractivity contribution in [2.24, 2.45) is 0 Å². The number of tetrazole rings is 1. The quantitative estimate of drug-likeness (QED) is 0.809. The van der Waals surface area contributed by atoms with E-state index < -0.39 is 11.9 Å². The van der Waals surface area contributed by atoms with Gasteiger partial charge in [0.05, 0.1) is 5.69 Å². The first-order valence-corrected chi connectivity index (χ1v) is 7.15. The van der Waals surface area contributed by atoms with Gasteiger partial charge in [-0.15, -0.1) is 5.10 Å². The lowest BCUT2D eigenvalue weighted by Crippen LogP contribution is -2.44. The van der Waals surface area contributed by atoms with Crippen LogP contribution in [0, 0.1) is 0 Å². The van der Waals surface area contributed by atoms with Crippen molar-refractivity contribution in [3.05, 3.63) is 30.6 Å². The zero-order chi connectivity index (χ0) is 16.7. The fourth-order valence-electron chi connectivity index (χ4n) is 1.67. The van der Waals surface area contributed by atoms with Crippen LogP contribution in [-0.4, -0.2) is 44.8 Å². The Labute approximate surface area is 133 Å². The van der Waals surface area contributed by atoms with Gasteiger partial charge in [-0.05, 0) is 35.9 Å². The van der Waals surface area contributed by atoms with Crippen LogP contribution in [0.25, 0.3) is 5.69 Å². The molecule has 122 valence electrons. The first-order valence-electron chi connectivity index (χ1n) is 7.15. The lowest BCUT2D eigenvalue weighted by molar-refractivity contribution is -0.122. The fraction of sp³-hybridized carbons (Fsp3) is 0.357. The van der Waals surface area contributed by atoms with Crippen molar-refractivity contribution in [3.63, 3.8) is 0 Å². The van der Waals surface area contributed by atoms with Crippen molar-refractivity contribution >= 4 is 11.9 Å². The number of urea groups is 1. The van der Waals surface area contributed by atoms with Gasteiger partial charge in [0, 0.05) is 12.1 Å². The first kappa shape index (κ1) is 16.4. The summed E-state index contributed by atoms with van der Waals surface area (Å²) in [4.78, 5) is 23.2. The van der Waals surface area contributed by atoms with E-state index >= 15 is 0 Å². The molecule has 23 heavy (non-hydrogen) atoms. The van der Waals surface area contributed by atoms with Gasteiger partial charge < -0.3 is 10.1 Å². The molecule has 0 unspecified atom stereocenters. The molecule has 0 aliphatic carbocycles. The van der Waals surface area contributed by atoms with E-state index in [0.29, 0.717) is 11.4 Å². The monoisotopic (exact) mass is 318 g/mol. The summed E-state index contributed by atoms with van der Waals surface area (Å²) >= 11 is 0. The number of amides is 3. The number of benzene rings is 1. The molecule has 0 aliphatic heterocycles. The Morgan fingerprint density at radius 1 is 1.39 bits per heavy atom. The minimum absolute atomic E-state index is 0.00307. The van der Waals surface area contributed by atoms with Gasteiger partial charge in [-0.25, -0.2) is 9.48 Å².